The number of aliphatic hydroxyl groups is 1. The molecule has 1 atom stereocenters. The molecule has 0 spiro atoms. The van der Waals surface area contributed by atoms with Crippen LogP contribution in [0, 0.1) is 11.8 Å². The van der Waals surface area contributed by atoms with E-state index in [-0.39, 0.29) is 6.61 Å². The summed E-state index contributed by atoms with van der Waals surface area (Å²) in [5.74, 6) is 0.884. The van der Waals surface area contributed by atoms with Crippen molar-refractivity contribution < 1.29 is 5.11 Å². The largest absolute Gasteiger partial charge is 0.396 e. The first-order chi connectivity index (χ1) is 5.00. The van der Waals surface area contributed by atoms with Crippen LogP contribution in [0.25, 0.3) is 0 Å². The molecule has 0 aliphatic carbocycles. The highest BCUT2D eigenvalue weighted by Gasteiger charge is 2.14. The molecule has 0 aliphatic heterocycles. The highest BCUT2D eigenvalue weighted by molar-refractivity contribution is 5.11. The average molecular weight is 156 g/mol. The number of allylic oxidation sites excluding steroid dienone is 1. The molecule has 0 aromatic heterocycles. The van der Waals surface area contributed by atoms with E-state index >= 15 is 0 Å². The van der Waals surface area contributed by atoms with Gasteiger partial charge in [-0.25, -0.2) is 0 Å². The summed E-state index contributed by atoms with van der Waals surface area (Å²) in [7, 11) is 0. The summed E-state index contributed by atoms with van der Waals surface area (Å²) in [6, 6.07) is 0. The topological polar surface area (TPSA) is 20.2 Å². The van der Waals surface area contributed by atoms with Crippen molar-refractivity contribution in [3.8, 4) is 0 Å². The molecule has 0 aromatic rings. The lowest BCUT2D eigenvalue weighted by Crippen LogP contribution is -2.15. The fourth-order valence-electron chi connectivity index (χ4n) is 1.22. The first kappa shape index (κ1) is 10.7. The zero-order chi connectivity index (χ0) is 9.02. The Labute approximate surface area is 70.1 Å². The van der Waals surface area contributed by atoms with Crippen molar-refractivity contribution >= 4 is 0 Å². The molecule has 1 N–H and O–H groups in total. The number of rotatable bonds is 3. The van der Waals surface area contributed by atoms with Crippen molar-refractivity contribution in [2.75, 3.05) is 6.61 Å². The molecule has 0 saturated carbocycles. The van der Waals surface area contributed by atoms with Gasteiger partial charge in [0.15, 0.2) is 0 Å². The SMILES string of the molecule is CC(C)=C(C)[C@H](CO)C(C)C. The van der Waals surface area contributed by atoms with Gasteiger partial charge in [0, 0.05) is 12.5 Å². The second-order valence-electron chi connectivity index (χ2n) is 3.72. The molecule has 1 heteroatoms. The van der Waals surface area contributed by atoms with Crippen LogP contribution >= 0.6 is 0 Å². The van der Waals surface area contributed by atoms with Crippen molar-refractivity contribution in [1.82, 2.24) is 0 Å². The fraction of sp³-hybridized carbons (Fsp3) is 0.800. The molecule has 0 aliphatic rings. The zero-order valence-electron chi connectivity index (χ0n) is 8.31. The van der Waals surface area contributed by atoms with Gasteiger partial charge in [-0.1, -0.05) is 25.0 Å². The lowest BCUT2D eigenvalue weighted by Gasteiger charge is -2.20. The van der Waals surface area contributed by atoms with E-state index in [2.05, 4.69) is 34.6 Å². The average Bonchev–Trinajstić information content (AvgIpc) is 1.88. The maximum atomic E-state index is 9.08. The van der Waals surface area contributed by atoms with Crippen LogP contribution in [0.5, 0.6) is 0 Å². The molecular weight excluding hydrogens is 136 g/mol. The van der Waals surface area contributed by atoms with Gasteiger partial charge >= 0.3 is 0 Å². The highest BCUT2D eigenvalue weighted by atomic mass is 16.3. The summed E-state index contributed by atoms with van der Waals surface area (Å²) in [4.78, 5) is 0. The number of hydrogen-bond donors (Lipinski definition) is 1. The minimum absolute atomic E-state index is 0.273. The van der Waals surface area contributed by atoms with Crippen LogP contribution in [-0.4, -0.2) is 11.7 Å². The van der Waals surface area contributed by atoms with Crippen molar-refractivity contribution in [3.63, 3.8) is 0 Å². The molecule has 0 aromatic carbocycles. The maximum Gasteiger partial charge on any atom is 0.0498 e. The Morgan fingerprint density at radius 3 is 1.73 bits per heavy atom. The van der Waals surface area contributed by atoms with Gasteiger partial charge in [-0.05, 0) is 26.7 Å². The van der Waals surface area contributed by atoms with Crippen LogP contribution < -0.4 is 0 Å². The van der Waals surface area contributed by atoms with Gasteiger partial charge in [0.2, 0.25) is 0 Å². The summed E-state index contributed by atoms with van der Waals surface area (Å²) < 4.78 is 0. The van der Waals surface area contributed by atoms with Crippen LogP contribution in [-0.2, 0) is 0 Å². The number of hydrogen-bond acceptors (Lipinski definition) is 1. The Morgan fingerprint density at radius 1 is 1.18 bits per heavy atom. The predicted molar refractivity (Wildman–Crippen MR) is 49.5 cm³/mol. The van der Waals surface area contributed by atoms with E-state index in [1.54, 1.807) is 0 Å². The van der Waals surface area contributed by atoms with Crippen LogP contribution in [0.4, 0.5) is 0 Å². The van der Waals surface area contributed by atoms with Crippen molar-refractivity contribution in [1.29, 1.82) is 0 Å². The minimum Gasteiger partial charge on any atom is -0.396 e. The van der Waals surface area contributed by atoms with Gasteiger partial charge < -0.3 is 5.11 Å². The third-order valence-electron chi connectivity index (χ3n) is 2.35. The molecular formula is C10H20O. The Morgan fingerprint density at radius 2 is 1.64 bits per heavy atom. The summed E-state index contributed by atoms with van der Waals surface area (Å²) in [6.07, 6.45) is 0. The van der Waals surface area contributed by atoms with Crippen molar-refractivity contribution in [2.24, 2.45) is 11.8 Å². The fourth-order valence-corrected chi connectivity index (χ4v) is 1.22. The second-order valence-corrected chi connectivity index (χ2v) is 3.72. The minimum atomic E-state index is 0.273. The number of aliphatic hydroxyl groups excluding tert-OH is 1. The molecule has 0 unspecified atom stereocenters. The molecule has 11 heavy (non-hydrogen) atoms. The van der Waals surface area contributed by atoms with Crippen LogP contribution in [0.3, 0.4) is 0 Å². The molecule has 0 amide bonds. The van der Waals surface area contributed by atoms with Crippen molar-refractivity contribution in [2.45, 2.75) is 34.6 Å². The summed E-state index contributed by atoms with van der Waals surface area (Å²) in [6.45, 7) is 10.9. The Hall–Kier alpha value is -0.300. The summed E-state index contributed by atoms with van der Waals surface area (Å²) >= 11 is 0. The Bertz CT molecular complexity index is 141. The van der Waals surface area contributed by atoms with Gasteiger partial charge in [-0.3, -0.25) is 0 Å². The Balaban J connectivity index is 4.39. The van der Waals surface area contributed by atoms with E-state index in [0.717, 1.165) is 0 Å². The first-order valence-electron chi connectivity index (χ1n) is 4.25. The third kappa shape index (κ3) is 3.06. The molecule has 0 rings (SSSR count). The van der Waals surface area contributed by atoms with Gasteiger partial charge in [-0.2, -0.15) is 0 Å². The zero-order valence-corrected chi connectivity index (χ0v) is 8.31. The summed E-state index contributed by atoms with van der Waals surface area (Å²) in [5.41, 5.74) is 2.67. The lowest BCUT2D eigenvalue weighted by molar-refractivity contribution is 0.213. The standard InChI is InChI=1S/C10H20O/c1-7(2)9(5)10(6-11)8(3)4/h8,10-11H,6H2,1-5H3/t10-/m1/s1. The molecule has 0 bridgehead atoms. The monoisotopic (exact) mass is 156 g/mol. The second kappa shape index (κ2) is 4.55. The van der Waals surface area contributed by atoms with Gasteiger partial charge in [-0.15, -0.1) is 0 Å². The highest BCUT2D eigenvalue weighted by Crippen LogP contribution is 2.21. The quantitative estimate of drug-likeness (QED) is 0.623. The van der Waals surface area contributed by atoms with E-state index in [0.29, 0.717) is 11.8 Å². The van der Waals surface area contributed by atoms with Gasteiger partial charge in [0.25, 0.3) is 0 Å². The molecule has 66 valence electrons. The molecule has 0 radical (unpaired) electrons. The lowest BCUT2D eigenvalue weighted by atomic mass is 9.88. The smallest absolute Gasteiger partial charge is 0.0498 e. The molecule has 0 saturated heterocycles. The van der Waals surface area contributed by atoms with E-state index in [1.165, 1.54) is 11.1 Å². The molecule has 0 fully saturated rings. The van der Waals surface area contributed by atoms with Crippen LogP contribution in [0.15, 0.2) is 11.1 Å². The van der Waals surface area contributed by atoms with E-state index < -0.39 is 0 Å². The van der Waals surface area contributed by atoms with E-state index in [9.17, 15) is 0 Å². The third-order valence-corrected chi connectivity index (χ3v) is 2.35. The van der Waals surface area contributed by atoms with Gasteiger partial charge in [0.1, 0.15) is 0 Å². The van der Waals surface area contributed by atoms with Gasteiger partial charge in [0.05, 0.1) is 0 Å². The van der Waals surface area contributed by atoms with E-state index in [1.807, 2.05) is 0 Å². The summed E-state index contributed by atoms with van der Waals surface area (Å²) in [5, 5.41) is 9.08. The molecule has 1 nitrogen and oxygen atoms in total. The van der Waals surface area contributed by atoms with Crippen LogP contribution in [0.2, 0.25) is 0 Å². The Kier molecular flexibility index (Phi) is 4.43. The normalized spacial score (nSPS) is 13.4. The molecule has 0 heterocycles. The first-order valence-corrected chi connectivity index (χ1v) is 4.25. The predicted octanol–water partition coefficient (Wildman–Crippen LogP) is 2.61. The van der Waals surface area contributed by atoms with E-state index in [4.69, 9.17) is 5.11 Å². The maximum absolute atomic E-state index is 9.08. The van der Waals surface area contributed by atoms with Crippen molar-refractivity contribution in [3.05, 3.63) is 11.1 Å². The van der Waals surface area contributed by atoms with Crippen LogP contribution in [0.1, 0.15) is 34.6 Å².